The van der Waals surface area contributed by atoms with Crippen LogP contribution in [0, 0.1) is 0 Å². The minimum atomic E-state index is 0.244. The van der Waals surface area contributed by atoms with Gasteiger partial charge in [0.15, 0.2) is 10.3 Å². The Labute approximate surface area is 202 Å². The molecule has 3 aromatic rings. The molecule has 1 aliphatic heterocycles. The maximum absolute atomic E-state index is 11.7. The van der Waals surface area contributed by atoms with E-state index in [1.165, 1.54) is 16.6 Å². The summed E-state index contributed by atoms with van der Waals surface area (Å²) in [4.78, 5) is 37.0. The summed E-state index contributed by atoms with van der Waals surface area (Å²) in [5, 5.41) is 4.68. The number of carbonyl (C=O) groups is 1. The quantitative estimate of drug-likeness (QED) is 0.484. The van der Waals surface area contributed by atoms with Crippen molar-refractivity contribution in [3.63, 3.8) is 0 Å². The zero-order valence-corrected chi connectivity index (χ0v) is 20.9. The first kappa shape index (κ1) is 23.6. The summed E-state index contributed by atoms with van der Waals surface area (Å²) < 4.78 is 0. The molecule has 1 aliphatic rings. The molecule has 0 saturated carbocycles. The summed E-state index contributed by atoms with van der Waals surface area (Å²) in [5.74, 6) is 1.43. The van der Waals surface area contributed by atoms with Gasteiger partial charge >= 0.3 is 0 Å². The first-order chi connectivity index (χ1) is 16.0. The van der Waals surface area contributed by atoms with Crippen LogP contribution in [0.2, 0.25) is 0 Å². The smallest absolute Gasteiger partial charge is 0.234 e. The van der Waals surface area contributed by atoms with Gasteiger partial charge in [-0.1, -0.05) is 26.0 Å². The van der Waals surface area contributed by atoms with Crippen molar-refractivity contribution in [3.8, 4) is 0 Å². The lowest BCUT2D eigenvalue weighted by Crippen LogP contribution is -2.45. The number of ketones is 1. The van der Waals surface area contributed by atoms with Gasteiger partial charge in [0.2, 0.25) is 11.9 Å². The topological polar surface area (TPSA) is 87.1 Å². The lowest BCUT2D eigenvalue weighted by atomic mass is 10.1. The van der Waals surface area contributed by atoms with E-state index in [1.807, 2.05) is 37.4 Å². The fraction of sp³-hybridized carbons (Fsp3) is 0.435. The maximum atomic E-state index is 11.7. The summed E-state index contributed by atoms with van der Waals surface area (Å²) in [7, 11) is 2.13. The van der Waals surface area contributed by atoms with Gasteiger partial charge in [-0.2, -0.15) is 15.0 Å². The van der Waals surface area contributed by atoms with E-state index >= 15 is 0 Å². The summed E-state index contributed by atoms with van der Waals surface area (Å²) >= 11 is 3.10. The van der Waals surface area contributed by atoms with Crippen molar-refractivity contribution in [2.75, 3.05) is 43.4 Å². The van der Waals surface area contributed by atoms with Crippen LogP contribution in [-0.4, -0.2) is 63.8 Å². The molecule has 1 N–H and O–H groups in total. The van der Waals surface area contributed by atoms with Crippen molar-refractivity contribution in [2.45, 2.75) is 43.2 Å². The Bertz CT molecular complexity index is 1080. The van der Waals surface area contributed by atoms with Gasteiger partial charge in [-0.3, -0.25) is 10.1 Å². The van der Waals surface area contributed by atoms with Crippen molar-refractivity contribution in [2.24, 2.45) is 0 Å². The van der Waals surface area contributed by atoms with Crippen LogP contribution in [0.25, 0.3) is 0 Å². The number of rotatable bonds is 9. The minimum absolute atomic E-state index is 0.244. The zero-order valence-electron chi connectivity index (χ0n) is 19.2. The molecular formula is C23H29N7OS2. The third kappa shape index (κ3) is 6.49. The molecule has 0 bridgehead atoms. The maximum Gasteiger partial charge on any atom is 0.234 e. The summed E-state index contributed by atoms with van der Waals surface area (Å²) in [6.07, 6.45) is 3.87. The largest absolute Gasteiger partial charge is 0.338 e. The van der Waals surface area contributed by atoms with Crippen LogP contribution >= 0.6 is 23.1 Å². The van der Waals surface area contributed by atoms with E-state index in [-0.39, 0.29) is 5.78 Å². The van der Waals surface area contributed by atoms with Crippen LogP contribution in [0.1, 0.15) is 30.7 Å². The van der Waals surface area contributed by atoms with E-state index in [0.29, 0.717) is 29.9 Å². The number of aryl methyl sites for hydroxylation is 1. The number of piperazine rings is 1. The van der Waals surface area contributed by atoms with Crippen molar-refractivity contribution in [3.05, 3.63) is 40.9 Å². The molecule has 0 unspecified atom stereocenters. The molecule has 3 heterocycles. The minimum Gasteiger partial charge on any atom is -0.338 e. The highest BCUT2D eigenvalue weighted by Crippen LogP contribution is 2.29. The number of likely N-dealkylation sites (N-methyl/N-ethyl adjacent to an activating group) is 1. The van der Waals surface area contributed by atoms with Gasteiger partial charge in [-0.05, 0) is 42.9 Å². The molecule has 1 aromatic carbocycles. The molecule has 1 fully saturated rings. The van der Waals surface area contributed by atoms with Crippen LogP contribution in [0.15, 0.2) is 40.5 Å². The Balaban J connectivity index is 1.56. The molecule has 0 aliphatic carbocycles. The van der Waals surface area contributed by atoms with Crippen LogP contribution in [-0.2, 0) is 17.6 Å². The van der Waals surface area contributed by atoms with Crippen molar-refractivity contribution < 1.29 is 4.79 Å². The third-order valence-electron chi connectivity index (χ3n) is 5.44. The number of nitrogens with one attached hydrogen (secondary N) is 1. The van der Waals surface area contributed by atoms with Crippen molar-refractivity contribution >= 4 is 45.9 Å². The molecule has 0 amide bonds. The summed E-state index contributed by atoms with van der Waals surface area (Å²) in [5.41, 5.74) is 1.03. The van der Waals surface area contributed by atoms with E-state index < -0.39 is 0 Å². The van der Waals surface area contributed by atoms with Gasteiger partial charge in [0.1, 0.15) is 5.78 Å². The van der Waals surface area contributed by atoms with Gasteiger partial charge in [-0.15, -0.1) is 11.3 Å². The number of anilines is 3. The molecule has 0 radical (unpaired) electrons. The predicted octanol–water partition coefficient (Wildman–Crippen LogP) is 4.06. The van der Waals surface area contributed by atoms with Gasteiger partial charge < -0.3 is 9.80 Å². The molecule has 4 rings (SSSR count). The van der Waals surface area contributed by atoms with Gasteiger partial charge in [-0.25, -0.2) is 4.98 Å². The Morgan fingerprint density at radius 2 is 1.85 bits per heavy atom. The summed E-state index contributed by atoms with van der Waals surface area (Å²) in [6, 6.07) is 8.03. The molecule has 0 spiro atoms. The summed E-state index contributed by atoms with van der Waals surface area (Å²) in [6.45, 7) is 7.71. The Hall–Kier alpha value is -2.56. The van der Waals surface area contributed by atoms with E-state index in [0.717, 1.165) is 48.2 Å². The molecule has 8 nitrogen and oxygen atoms in total. The van der Waals surface area contributed by atoms with E-state index in [1.54, 1.807) is 11.3 Å². The normalized spacial score (nSPS) is 14.5. The number of Topliss-reactive ketones (excluding diaryl/α,β-unsaturated/α-hetero) is 1. The number of thiazole rings is 1. The Kier molecular flexibility index (Phi) is 7.89. The second-order valence-corrected chi connectivity index (χ2v) is 10.1. The Morgan fingerprint density at radius 3 is 2.52 bits per heavy atom. The molecule has 33 heavy (non-hydrogen) atoms. The molecule has 0 atom stereocenters. The average molecular weight is 484 g/mol. The average Bonchev–Trinajstić information content (AvgIpc) is 3.28. The molecule has 2 aromatic heterocycles. The van der Waals surface area contributed by atoms with Crippen molar-refractivity contribution in [1.29, 1.82) is 0 Å². The molecule has 10 heteroatoms. The van der Waals surface area contributed by atoms with E-state index in [9.17, 15) is 4.79 Å². The second-order valence-electron chi connectivity index (χ2n) is 7.96. The fourth-order valence-electron chi connectivity index (χ4n) is 3.35. The highest BCUT2D eigenvalue weighted by molar-refractivity contribution is 7.99. The number of benzene rings is 1. The lowest BCUT2D eigenvalue weighted by Gasteiger charge is -2.32. The number of nitrogens with zero attached hydrogens (tertiary/aromatic N) is 6. The predicted molar refractivity (Wildman–Crippen MR) is 134 cm³/mol. The lowest BCUT2D eigenvalue weighted by molar-refractivity contribution is -0.118. The highest BCUT2D eigenvalue weighted by atomic mass is 32.2. The second kappa shape index (κ2) is 11.0. The first-order valence-electron chi connectivity index (χ1n) is 11.2. The van der Waals surface area contributed by atoms with Crippen LogP contribution in [0.5, 0.6) is 0 Å². The highest BCUT2D eigenvalue weighted by Gasteiger charge is 2.19. The number of carbonyl (C=O) groups excluding carboxylic acids is 1. The molecule has 1 saturated heterocycles. The number of aromatic nitrogens is 4. The van der Waals surface area contributed by atoms with Crippen LogP contribution in [0.4, 0.5) is 17.0 Å². The SMILES string of the molecule is CCC(=O)Cc1ccc(Sc2nc(Nc3ncc(CC)s3)nc(N3CCN(C)CC3)n2)cc1. The van der Waals surface area contributed by atoms with Gasteiger partial charge in [0, 0.05) is 55.0 Å². The monoisotopic (exact) mass is 483 g/mol. The Morgan fingerprint density at radius 1 is 1.09 bits per heavy atom. The van der Waals surface area contributed by atoms with E-state index in [4.69, 9.17) is 9.97 Å². The van der Waals surface area contributed by atoms with Crippen LogP contribution in [0.3, 0.4) is 0 Å². The number of hydrogen-bond donors (Lipinski definition) is 1. The fourth-order valence-corrected chi connectivity index (χ4v) is 4.84. The van der Waals surface area contributed by atoms with Gasteiger partial charge in [0.25, 0.3) is 0 Å². The first-order valence-corrected chi connectivity index (χ1v) is 12.9. The molecular weight excluding hydrogens is 454 g/mol. The third-order valence-corrected chi connectivity index (χ3v) is 7.37. The van der Waals surface area contributed by atoms with Crippen LogP contribution < -0.4 is 10.2 Å². The zero-order chi connectivity index (χ0) is 23.2. The molecule has 174 valence electrons. The number of hydrogen-bond acceptors (Lipinski definition) is 10. The van der Waals surface area contributed by atoms with Gasteiger partial charge in [0.05, 0.1) is 0 Å². The standard InChI is InChI=1S/C23H29N7OS2/c1-4-17(31)14-16-6-8-19(9-7-16)33-23-27-20(26-22-24-15-18(5-2)32-22)25-21(28-23)30-12-10-29(3)11-13-30/h6-9,15H,4-5,10-14H2,1-3H3,(H,24,25,26,27,28). The van der Waals surface area contributed by atoms with Crippen molar-refractivity contribution in [1.82, 2.24) is 24.8 Å². The van der Waals surface area contributed by atoms with E-state index in [2.05, 4.69) is 39.1 Å².